The van der Waals surface area contributed by atoms with E-state index in [4.69, 9.17) is 9.47 Å². The first-order chi connectivity index (χ1) is 12.1. The molecule has 0 saturated heterocycles. The van der Waals surface area contributed by atoms with Crippen molar-refractivity contribution >= 4 is 29.9 Å². The van der Waals surface area contributed by atoms with Gasteiger partial charge in [0.2, 0.25) is 5.88 Å². The summed E-state index contributed by atoms with van der Waals surface area (Å²) >= 11 is 0. The van der Waals surface area contributed by atoms with Crippen LogP contribution in [0.25, 0.3) is 0 Å². The van der Waals surface area contributed by atoms with E-state index in [1.165, 1.54) is 12.8 Å². The number of methoxy groups -OCH3 is 1. The Labute approximate surface area is 174 Å². The first-order valence-corrected chi connectivity index (χ1v) is 9.18. The third kappa shape index (κ3) is 8.07. The van der Waals surface area contributed by atoms with Crippen LogP contribution in [0.3, 0.4) is 0 Å². The second-order valence-corrected chi connectivity index (χ2v) is 6.93. The fraction of sp³-hybridized carbons (Fsp3) is 0.684. The third-order valence-electron chi connectivity index (χ3n) is 4.53. The molecule has 6 nitrogen and oxygen atoms in total. The SMILES string of the molecule is CN=C(NCc1ccnc(OC2CCC(C)CC2)c1)NC(C)COC.I. The van der Waals surface area contributed by atoms with Crippen LogP contribution in [0.1, 0.15) is 45.1 Å². The average Bonchev–Trinajstić information content (AvgIpc) is 2.61. The van der Waals surface area contributed by atoms with Crippen molar-refractivity contribution in [3.05, 3.63) is 23.9 Å². The maximum Gasteiger partial charge on any atom is 0.213 e. The topological polar surface area (TPSA) is 67.8 Å². The second kappa shape index (κ2) is 12.3. The van der Waals surface area contributed by atoms with Crippen molar-refractivity contribution < 1.29 is 9.47 Å². The van der Waals surface area contributed by atoms with Crippen molar-refractivity contribution in [1.29, 1.82) is 0 Å². The third-order valence-corrected chi connectivity index (χ3v) is 4.53. The largest absolute Gasteiger partial charge is 0.474 e. The van der Waals surface area contributed by atoms with Crippen molar-refractivity contribution in [2.75, 3.05) is 20.8 Å². The summed E-state index contributed by atoms with van der Waals surface area (Å²) in [6.07, 6.45) is 6.84. The number of hydrogen-bond acceptors (Lipinski definition) is 4. The van der Waals surface area contributed by atoms with Crippen LogP contribution in [-0.4, -0.2) is 43.9 Å². The van der Waals surface area contributed by atoms with Crippen LogP contribution in [0.2, 0.25) is 0 Å². The molecule has 0 aliphatic heterocycles. The van der Waals surface area contributed by atoms with Crippen molar-refractivity contribution in [3.8, 4) is 5.88 Å². The van der Waals surface area contributed by atoms with E-state index in [1.807, 2.05) is 18.3 Å². The van der Waals surface area contributed by atoms with Gasteiger partial charge in [-0.05, 0) is 50.2 Å². The summed E-state index contributed by atoms with van der Waals surface area (Å²) in [5, 5.41) is 6.60. The van der Waals surface area contributed by atoms with Crippen LogP contribution >= 0.6 is 24.0 Å². The molecule has 1 aromatic rings. The highest BCUT2D eigenvalue weighted by atomic mass is 127. The highest BCUT2D eigenvalue weighted by molar-refractivity contribution is 14.0. The van der Waals surface area contributed by atoms with Gasteiger partial charge in [0.15, 0.2) is 5.96 Å². The van der Waals surface area contributed by atoms with Gasteiger partial charge in [-0.1, -0.05) is 6.92 Å². The van der Waals surface area contributed by atoms with Gasteiger partial charge in [0.05, 0.1) is 6.61 Å². The number of rotatable bonds is 7. The molecule has 7 heteroatoms. The van der Waals surface area contributed by atoms with E-state index in [0.29, 0.717) is 19.3 Å². The van der Waals surface area contributed by atoms with E-state index in [-0.39, 0.29) is 30.0 Å². The van der Waals surface area contributed by atoms with Gasteiger partial charge in [0.25, 0.3) is 0 Å². The van der Waals surface area contributed by atoms with Crippen molar-refractivity contribution in [2.24, 2.45) is 10.9 Å². The number of aliphatic imine (C=N–C) groups is 1. The molecule has 1 unspecified atom stereocenters. The number of halogens is 1. The van der Waals surface area contributed by atoms with Crippen molar-refractivity contribution in [1.82, 2.24) is 15.6 Å². The zero-order chi connectivity index (χ0) is 18.1. The lowest BCUT2D eigenvalue weighted by atomic mass is 9.89. The van der Waals surface area contributed by atoms with Crippen LogP contribution in [0.4, 0.5) is 0 Å². The zero-order valence-electron chi connectivity index (χ0n) is 16.3. The molecule has 148 valence electrons. The van der Waals surface area contributed by atoms with Gasteiger partial charge in [-0.15, -0.1) is 24.0 Å². The predicted molar refractivity (Wildman–Crippen MR) is 116 cm³/mol. The van der Waals surface area contributed by atoms with E-state index in [1.54, 1.807) is 14.2 Å². The Morgan fingerprint density at radius 3 is 2.73 bits per heavy atom. The molecule has 0 amide bonds. The lowest BCUT2D eigenvalue weighted by Gasteiger charge is -2.26. The van der Waals surface area contributed by atoms with Gasteiger partial charge in [0, 0.05) is 39.0 Å². The number of pyridine rings is 1. The molecule has 1 fully saturated rings. The lowest BCUT2D eigenvalue weighted by Crippen LogP contribution is -2.43. The summed E-state index contributed by atoms with van der Waals surface area (Å²) in [7, 11) is 3.46. The number of hydrogen-bond donors (Lipinski definition) is 2. The average molecular weight is 476 g/mol. The molecule has 0 aromatic carbocycles. The Morgan fingerprint density at radius 1 is 1.35 bits per heavy atom. The number of nitrogens with zero attached hydrogens (tertiary/aromatic N) is 2. The minimum Gasteiger partial charge on any atom is -0.474 e. The lowest BCUT2D eigenvalue weighted by molar-refractivity contribution is 0.130. The zero-order valence-corrected chi connectivity index (χ0v) is 18.7. The van der Waals surface area contributed by atoms with Crippen molar-refractivity contribution in [2.45, 2.75) is 58.2 Å². The van der Waals surface area contributed by atoms with Crippen molar-refractivity contribution in [3.63, 3.8) is 0 Å². The smallest absolute Gasteiger partial charge is 0.213 e. The molecule has 0 radical (unpaired) electrons. The van der Waals surface area contributed by atoms with Gasteiger partial charge < -0.3 is 20.1 Å². The fourth-order valence-corrected chi connectivity index (χ4v) is 3.05. The highest BCUT2D eigenvalue weighted by Gasteiger charge is 2.19. The molecule has 1 saturated carbocycles. The standard InChI is InChI=1S/C19H32N4O2.HI/c1-14-5-7-17(8-6-14)25-18-11-16(9-10-21-18)12-22-19(20-3)23-15(2)13-24-4;/h9-11,14-15,17H,5-8,12-13H2,1-4H3,(H2,20,22,23);1H. The van der Waals surface area contributed by atoms with Gasteiger partial charge in [-0.25, -0.2) is 4.98 Å². The van der Waals surface area contributed by atoms with Crippen LogP contribution in [0, 0.1) is 5.92 Å². The molecule has 2 rings (SSSR count). The Kier molecular flexibility index (Phi) is 10.9. The number of guanidine groups is 1. The summed E-state index contributed by atoms with van der Waals surface area (Å²) < 4.78 is 11.2. The number of aromatic nitrogens is 1. The molecule has 1 aromatic heterocycles. The molecule has 1 aliphatic carbocycles. The number of ether oxygens (including phenoxy) is 2. The minimum absolute atomic E-state index is 0. The van der Waals surface area contributed by atoms with Crippen LogP contribution in [-0.2, 0) is 11.3 Å². The van der Waals surface area contributed by atoms with Gasteiger partial charge in [0.1, 0.15) is 6.10 Å². The maximum absolute atomic E-state index is 6.07. The van der Waals surface area contributed by atoms with E-state index < -0.39 is 0 Å². The Bertz CT molecular complexity index is 548. The van der Waals surface area contributed by atoms with Crippen LogP contribution in [0.5, 0.6) is 5.88 Å². The molecule has 26 heavy (non-hydrogen) atoms. The molecule has 1 heterocycles. The van der Waals surface area contributed by atoms with Gasteiger partial charge >= 0.3 is 0 Å². The predicted octanol–water partition coefficient (Wildman–Crippen LogP) is 3.36. The van der Waals surface area contributed by atoms with Crippen LogP contribution < -0.4 is 15.4 Å². The minimum atomic E-state index is 0. The molecule has 1 aliphatic rings. The monoisotopic (exact) mass is 476 g/mol. The molecule has 1 atom stereocenters. The van der Waals surface area contributed by atoms with E-state index in [2.05, 4.69) is 34.5 Å². The second-order valence-electron chi connectivity index (χ2n) is 6.93. The molecule has 2 N–H and O–H groups in total. The van der Waals surface area contributed by atoms with Gasteiger partial charge in [-0.3, -0.25) is 4.99 Å². The highest BCUT2D eigenvalue weighted by Crippen LogP contribution is 2.26. The Morgan fingerprint density at radius 2 is 2.08 bits per heavy atom. The molecule has 0 spiro atoms. The Balaban J connectivity index is 0.00000338. The van der Waals surface area contributed by atoms with Gasteiger partial charge in [-0.2, -0.15) is 0 Å². The maximum atomic E-state index is 6.07. The quantitative estimate of drug-likeness (QED) is 0.359. The Hall–Kier alpha value is -1.09. The summed E-state index contributed by atoms with van der Waals surface area (Å²) in [5.41, 5.74) is 1.12. The molecular weight excluding hydrogens is 443 g/mol. The first kappa shape index (κ1) is 23.0. The first-order valence-electron chi connectivity index (χ1n) is 9.18. The molecule has 0 bridgehead atoms. The van der Waals surface area contributed by atoms with E-state index in [9.17, 15) is 0 Å². The molecular formula is C19H33IN4O2. The van der Waals surface area contributed by atoms with E-state index >= 15 is 0 Å². The summed E-state index contributed by atoms with van der Waals surface area (Å²) in [4.78, 5) is 8.60. The van der Waals surface area contributed by atoms with Crippen LogP contribution in [0.15, 0.2) is 23.3 Å². The fourth-order valence-electron chi connectivity index (χ4n) is 3.05. The normalized spacial score (nSPS) is 21.5. The summed E-state index contributed by atoms with van der Waals surface area (Å²) in [6, 6.07) is 4.20. The number of nitrogens with one attached hydrogen (secondary N) is 2. The summed E-state index contributed by atoms with van der Waals surface area (Å²) in [6.45, 7) is 5.67. The summed E-state index contributed by atoms with van der Waals surface area (Å²) in [5.74, 6) is 2.29. The van der Waals surface area contributed by atoms with E-state index in [0.717, 1.165) is 36.2 Å².